The van der Waals surface area contributed by atoms with E-state index in [4.69, 9.17) is 5.73 Å². The molecule has 156 valence electrons. The minimum absolute atomic E-state index is 0.0000723. The molecule has 12 heteroatoms. The molecule has 0 bridgehead atoms. The fraction of sp³-hybridized carbons (Fsp3) is 0.0526. The van der Waals surface area contributed by atoms with Crippen molar-refractivity contribution in [3.05, 3.63) is 59.8 Å². The van der Waals surface area contributed by atoms with E-state index in [9.17, 15) is 15.0 Å². The average Bonchev–Trinajstić information content (AvgIpc) is 3.38. The molecule has 0 unspecified atom stereocenters. The van der Waals surface area contributed by atoms with Crippen LogP contribution in [0.3, 0.4) is 0 Å². The summed E-state index contributed by atoms with van der Waals surface area (Å²) in [5.41, 5.74) is 9.69. The van der Waals surface area contributed by atoms with E-state index < -0.39 is 5.91 Å². The zero-order valence-corrected chi connectivity index (χ0v) is 16.1. The number of benzene rings is 2. The summed E-state index contributed by atoms with van der Waals surface area (Å²) in [7, 11) is 0. The maximum Gasteiger partial charge on any atom is 0.292 e. The van der Waals surface area contributed by atoms with Crippen molar-refractivity contribution in [2.75, 3.05) is 5.73 Å². The highest BCUT2D eigenvalue weighted by Gasteiger charge is 2.26. The van der Waals surface area contributed by atoms with Gasteiger partial charge in [0.1, 0.15) is 17.2 Å². The van der Waals surface area contributed by atoms with Crippen molar-refractivity contribution >= 4 is 17.4 Å². The van der Waals surface area contributed by atoms with Crippen molar-refractivity contribution in [1.82, 2.24) is 30.7 Å². The van der Waals surface area contributed by atoms with Crippen LogP contribution in [0.15, 0.2) is 58.3 Å². The van der Waals surface area contributed by atoms with E-state index in [0.717, 1.165) is 4.68 Å². The molecule has 2 aromatic carbocycles. The molecule has 0 saturated carbocycles. The first-order valence-electron chi connectivity index (χ1n) is 8.92. The van der Waals surface area contributed by atoms with Crippen LogP contribution in [0.2, 0.25) is 0 Å². The molecule has 1 amide bonds. The maximum absolute atomic E-state index is 13.1. The van der Waals surface area contributed by atoms with Crippen molar-refractivity contribution in [2.24, 2.45) is 5.10 Å². The van der Waals surface area contributed by atoms with E-state index in [2.05, 4.69) is 35.8 Å². The first kappa shape index (κ1) is 19.6. The van der Waals surface area contributed by atoms with E-state index in [1.54, 1.807) is 31.2 Å². The number of aromatic nitrogens is 5. The highest BCUT2D eigenvalue weighted by atomic mass is 16.6. The zero-order chi connectivity index (χ0) is 22.0. The molecular weight excluding hydrogens is 404 g/mol. The van der Waals surface area contributed by atoms with E-state index >= 15 is 0 Å². The molecule has 0 aliphatic carbocycles. The number of hydrazone groups is 1. The van der Waals surface area contributed by atoms with Gasteiger partial charge in [-0.15, -0.1) is 5.10 Å². The van der Waals surface area contributed by atoms with Gasteiger partial charge in [-0.05, 0) is 29.4 Å². The van der Waals surface area contributed by atoms with Crippen LogP contribution in [-0.4, -0.2) is 47.1 Å². The van der Waals surface area contributed by atoms with Crippen molar-refractivity contribution < 1.29 is 19.6 Å². The number of phenols is 2. The van der Waals surface area contributed by atoms with Crippen molar-refractivity contribution in [3.63, 3.8) is 0 Å². The van der Waals surface area contributed by atoms with E-state index in [1.165, 1.54) is 18.2 Å². The Morgan fingerprint density at radius 3 is 2.61 bits per heavy atom. The Balaban J connectivity index is 1.73. The molecule has 2 heterocycles. The molecular formula is C19H16N8O4. The molecule has 4 aromatic rings. The van der Waals surface area contributed by atoms with Crippen LogP contribution in [0.1, 0.15) is 23.0 Å². The summed E-state index contributed by atoms with van der Waals surface area (Å²) in [4.78, 5) is 13.1. The number of nitrogens with one attached hydrogen (secondary N) is 1. The number of carbonyl (C=O) groups excluding carboxylic acids is 1. The van der Waals surface area contributed by atoms with Crippen LogP contribution < -0.4 is 11.2 Å². The highest BCUT2D eigenvalue weighted by molar-refractivity contribution is 6.03. The lowest BCUT2D eigenvalue weighted by Crippen LogP contribution is -2.23. The number of carbonyl (C=O) groups is 1. The third-order valence-corrected chi connectivity index (χ3v) is 4.33. The zero-order valence-electron chi connectivity index (χ0n) is 16.1. The van der Waals surface area contributed by atoms with Gasteiger partial charge in [0, 0.05) is 17.2 Å². The predicted octanol–water partition coefficient (Wildman–Crippen LogP) is 1.46. The van der Waals surface area contributed by atoms with Crippen LogP contribution in [0.4, 0.5) is 5.82 Å². The fourth-order valence-electron chi connectivity index (χ4n) is 2.84. The third-order valence-electron chi connectivity index (χ3n) is 4.33. The second kappa shape index (κ2) is 7.94. The normalized spacial score (nSPS) is 11.5. The second-order valence-corrected chi connectivity index (χ2v) is 6.38. The van der Waals surface area contributed by atoms with Gasteiger partial charge >= 0.3 is 0 Å². The average molecular weight is 420 g/mol. The first-order valence-corrected chi connectivity index (χ1v) is 8.92. The predicted molar refractivity (Wildman–Crippen MR) is 109 cm³/mol. The van der Waals surface area contributed by atoms with Gasteiger partial charge in [-0.25, -0.2) is 10.1 Å². The van der Waals surface area contributed by atoms with Gasteiger partial charge in [-0.1, -0.05) is 35.5 Å². The monoisotopic (exact) mass is 420 g/mol. The summed E-state index contributed by atoms with van der Waals surface area (Å²) < 4.78 is 5.71. The molecule has 31 heavy (non-hydrogen) atoms. The van der Waals surface area contributed by atoms with Crippen LogP contribution in [0.5, 0.6) is 11.5 Å². The molecule has 2 aromatic heterocycles. The molecule has 0 radical (unpaired) electrons. The number of rotatable bonds is 5. The minimum atomic E-state index is -0.663. The third kappa shape index (κ3) is 3.76. The van der Waals surface area contributed by atoms with Gasteiger partial charge in [0.15, 0.2) is 5.69 Å². The van der Waals surface area contributed by atoms with Crippen molar-refractivity contribution in [2.45, 2.75) is 6.92 Å². The lowest BCUT2D eigenvalue weighted by atomic mass is 10.1. The minimum Gasteiger partial charge on any atom is -0.508 e. The van der Waals surface area contributed by atoms with Crippen LogP contribution in [0, 0.1) is 0 Å². The van der Waals surface area contributed by atoms with Crippen LogP contribution in [0.25, 0.3) is 17.1 Å². The lowest BCUT2D eigenvalue weighted by molar-refractivity contribution is 0.0947. The molecule has 0 saturated heterocycles. The quantitative estimate of drug-likeness (QED) is 0.275. The molecule has 0 aliphatic heterocycles. The Bertz CT molecular complexity index is 1280. The van der Waals surface area contributed by atoms with Gasteiger partial charge < -0.3 is 15.9 Å². The number of phenolic OH excluding ortho intramolecular Hbond substituents is 2. The molecule has 12 nitrogen and oxygen atoms in total. The maximum atomic E-state index is 13.1. The lowest BCUT2D eigenvalue weighted by Gasteiger charge is -2.07. The Hall–Kier alpha value is -4.74. The van der Waals surface area contributed by atoms with Gasteiger partial charge in [0.25, 0.3) is 5.91 Å². The smallest absolute Gasteiger partial charge is 0.292 e. The van der Waals surface area contributed by atoms with Gasteiger partial charge in [-0.2, -0.15) is 9.78 Å². The Labute approximate surface area is 174 Å². The molecule has 5 N–H and O–H groups in total. The number of nitrogens with two attached hydrogens (primary N) is 1. The van der Waals surface area contributed by atoms with E-state index in [0.29, 0.717) is 16.8 Å². The molecule has 4 rings (SSSR count). The molecule has 0 atom stereocenters. The molecule has 0 fully saturated rings. The first-order chi connectivity index (χ1) is 15.0. The molecule has 0 spiro atoms. The summed E-state index contributed by atoms with van der Waals surface area (Å²) >= 11 is 0. The summed E-state index contributed by atoms with van der Waals surface area (Å²) in [6, 6.07) is 13.0. The van der Waals surface area contributed by atoms with Gasteiger partial charge in [0.2, 0.25) is 11.6 Å². The number of amides is 1. The number of nitrogen functional groups attached to an aromatic ring is 1. The standard InChI is InChI=1S/C19H16N8O4/c1-10(13-8-7-12(28)9-14(13)29)21-23-19(30)16-15(11-5-3-2-4-6-11)22-26-27(16)18-17(20)24-31-25-18/h2-9,28-29H,1H3,(H2,20,24)(H,23,30). The number of anilines is 1. The number of hydrogen-bond acceptors (Lipinski definition) is 10. The van der Waals surface area contributed by atoms with Crippen molar-refractivity contribution in [1.29, 1.82) is 0 Å². The SMILES string of the molecule is CC(=NNC(=O)c1c(-c2ccccc2)nnn1-c1nonc1N)c1ccc(O)cc1O. The van der Waals surface area contributed by atoms with Crippen molar-refractivity contribution in [3.8, 4) is 28.6 Å². The van der Waals surface area contributed by atoms with Gasteiger partial charge in [0.05, 0.1) is 5.71 Å². The summed E-state index contributed by atoms with van der Waals surface area (Å²) in [6.45, 7) is 1.58. The number of aromatic hydroxyl groups is 2. The number of hydrogen-bond donors (Lipinski definition) is 4. The summed E-state index contributed by atoms with van der Waals surface area (Å²) in [5.74, 6) is -1.03. The van der Waals surface area contributed by atoms with Crippen LogP contribution in [-0.2, 0) is 0 Å². The van der Waals surface area contributed by atoms with E-state index in [-0.39, 0.29) is 34.5 Å². The highest BCUT2D eigenvalue weighted by Crippen LogP contribution is 2.25. The summed E-state index contributed by atoms with van der Waals surface area (Å²) in [5, 5.41) is 38.7. The second-order valence-electron chi connectivity index (χ2n) is 6.38. The Morgan fingerprint density at radius 2 is 1.94 bits per heavy atom. The largest absolute Gasteiger partial charge is 0.508 e. The van der Waals surface area contributed by atoms with E-state index in [1.807, 2.05) is 6.07 Å². The fourth-order valence-corrected chi connectivity index (χ4v) is 2.84. The number of nitrogens with zero attached hydrogens (tertiary/aromatic N) is 6. The Morgan fingerprint density at radius 1 is 1.16 bits per heavy atom. The van der Waals surface area contributed by atoms with Gasteiger partial charge in [-0.3, -0.25) is 4.79 Å². The topological polar surface area (TPSA) is 178 Å². The Kier molecular flexibility index (Phi) is 5.02. The molecule has 0 aliphatic rings. The summed E-state index contributed by atoms with van der Waals surface area (Å²) in [6.07, 6.45) is 0. The van der Waals surface area contributed by atoms with Crippen LogP contribution >= 0.6 is 0 Å².